The van der Waals surface area contributed by atoms with Crippen molar-refractivity contribution in [1.29, 1.82) is 0 Å². The van der Waals surface area contributed by atoms with Crippen molar-refractivity contribution in [3.8, 4) is 0 Å². The third-order valence-electron chi connectivity index (χ3n) is 3.34. The first-order valence-corrected chi connectivity index (χ1v) is 8.92. The van der Waals surface area contributed by atoms with Gasteiger partial charge in [-0.1, -0.05) is 6.92 Å². The molecule has 0 aliphatic heterocycles. The number of anilines is 1. The zero-order valence-corrected chi connectivity index (χ0v) is 14.4. The Hall–Kier alpha value is -1.64. The summed E-state index contributed by atoms with van der Waals surface area (Å²) >= 11 is 0. The fraction of sp³-hybridized carbons (Fsp3) is 0.533. The number of sulfonamides is 1. The topological polar surface area (TPSA) is 105 Å². The van der Waals surface area contributed by atoms with Crippen molar-refractivity contribution in [2.75, 3.05) is 25.6 Å². The maximum Gasteiger partial charge on any atom is 0.337 e. The van der Waals surface area contributed by atoms with Crippen LogP contribution >= 0.6 is 0 Å². The molecule has 1 rings (SSSR count). The second-order valence-electron chi connectivity index (χ2n) is 5.22. The Morgan fingerprint density at radius 2 is 2.09 bits per heavy atom. The molecule has 0 spiro atoms. The Bertz CT molecular complexity index is 631. The molecule has 23 heavy (non-hydrogen) atoms. The first kappa shape index (κ1) is 19.4. The van der Waals surface area contributed by atoms with Gasteiger partial charge in [-0.05, 0) is 38.0 Å². The maximum atomic E-state index is 12.2. The molecule has 0 saturated carbocycles. The lowest BCUT2D eigenvalue weighted by atomic mass is 10.2. The van der Waals surface area contributed by atoms with E-state index in [-0.39, 0.29) is 16.5 Å². The van der Waals surface area contributed by atoms with Crippen LogP contribution in [0.4, 0.5) is 5.69 Å². The Kier molecular flexibility index (Phi) is 7.47. The van der Waals surface area contributed by atoms with Crippen molar-refractivity contribution in [2.24, 2.45) is 0 Å². The number of methoxy groups -OCH3 is 1. The number of carboxylic acids is 1. The van der Waals surface area contributed by atoms with Crippen molar-refractivity contribution in [3.05, 3.63) is 23.8 Å². The van der Waals surface area contributed by atoms with Crippen molar-refractivity contribution >= 4 is 21.7 Å². The smallest absolute Gasteiger partial charge is 0.337 e. The molecule has 130 valence electrons. The third-order valence-corrected chi connectivity index (χ3v) is 4.93. The van der Waals surface area contributed by atoms with Gasteiger partial charge in [0.1, 0.15) is 0 Å². The molecular formula is C15H24N2O5S. The summed E-state index contributed by atoms with van der Waals surface area (Å²) in [5, 5.41) is 12.3. The minimum Gasteiger partial charge on any atom is -0.478 e. The van der Waals surface area contributed by atoms with Gasteiger partial charge in [0.15, 0.2) is 0 Å². The van der Waals surface area contributed by atoms with Gasteiger partial charge in [0.05, 0.1) is 10.5 Å². The van der Waals surface area contributed by atoms with Gasteiger partial charge in [0.2, 0.25) is 10.0 Å². The maximum absolute atomic E-state index is 12.2. The lowest BCUT2D eigenvalue weighted by Crippen LogP contribution is -2.32. The SMILES string of the molecule is CC[C@@H](C)NS(=O)(=O)c1ccc(NCCCOC)c(C(=O)O)c1. The summed E-state index contributed by atoms with van der Waals surface area (Å²) in [4.78, 5) is 11.3. The van der Waals surface area contributed by atoms with Crippen LogP contribution in [0.3, 0.4) is 0 Å². The van der Waals surface area contributed by atoms with Crippen LogP contribution in [0.1, 0.15) is 37.0 Å². The largest absolute Gasteiger partial charge is 0.478 e. The number of nitrogens with one attached hydrogen (secondary N) is 2. The number of rotatable bonds is 10. The van der Waals surface area contributed by atoms with Gasteiger partial charge in [0, 0.05) is 32.0 Å². The van der Waals surface area contributed by atoms with Gasteiger partial charge in [-0.25, -0.2) is 17.9 Å². The zero-order chi connectivity index (χ0) is 17.5. The van der Waals surface area contributed by atoms with E-state index in [1.54, 1.807) is 14.0 Å². The van der Waals surface area contributed by atoms with Crippen molar-refractivity contribution < 1.29 is 23.1 Å². The molecular weight excluding hydrogens is 320 g/mol. The number of aromatic carboxylic acids is 1. The predicted molar refractivity (Wildman–Crippen MR) is 88.5 cm³/mol. The molecule has 8 heteroatoms. The zero-order valence-electron chi connectivity index (χ0n) is 13.6. The summed E-state index contributed by atoms with van der Waals surface area (Å²) in [5.41, 5.74) is 0.311. The van der Waals surface area contributed by atoms with Crippen LogP contribution in [-0.2, 0) is 14.8 Å². The van der Waals surface area contributed by atoms with Crippen LogP contribution in [0.25, 0.3) is 0 Å². The van der Waals surface area contributed by atoms with E-state index in [0.717, 1.165) is 0 Å². The van der Waals surface area contributed by atoms with Gasteiger partial charge in [-0.2, -0.15) is 0 Å². The molecule has 0 saturated heterocycles. The fourth-order valence-corrected chi connectivity index (χ4v) is 3.23. The number of carboxylic acid groups (broad SMARTS) is 1. The lowest BCUT2D eigenvalue weighted by molar-refractivity contribution is 0.0697. The highest BCUT2D eigenvalue weighted by Crippen LogP contribution is 2.21. The van der Waals surface area contributed by atoms with E-state index in [1.165, 1.54) is 18.2 Å². The van der Waals surface area contributed by atoms with Crippen LogP contribution in [0, 0.1) is 0 Å². The van der Waals surface area contributed by atoms with E-state index in [2.05, 4.69) is 10.0 Å². The Balaban J connectivity index is 3.01. The van der Waals surface area contributed by atoms with E-state index in [1.807, 2.05) is 6.92 Å². The van der Waals surface area contributed by atoms with E-state index in [4.69, 9.17) is 4.74 Å². The highest BCUT2D eigenvalue weighted by atomic mass is 32.2. The fourth-order valence-electron chi connectivity index (χ4n) is 1.88. The van der Waals surface area contributed by atoms with Crippen molar-refractivity contribution in [3.63, 3.8) is 0 Å². The second-order valence-corrected chi connectivity index (χ2v) is 6.93. The number of hydrogen-bond acceptors (Lipinski definition) is 5. The van der Waals surface area contributed by atoms with Crippen LogP contribution in [0.5, 0.6) is 0 Å². The highest BCUT2D eigenvalue weighted by Gasteiger charge is 2.20. The second kappa shape index (κ2) is 8.85. The van der Waals surface area contributed by atoms with Crippen LogP contribution < -0.4 is 10.0 Å². The van der Waals surface area contributed by atoms with Gasteiger partial charge in [-0.15, -0.1) is 0 Å². The summed E-state index contributed by atoms with van der Waals surface area (Å²) in [7, 11) is -2.14. The Labute approximate surface area is 137 Å². The first-order valence-electron chi connectivity index (χ1n) is 7.44. The minimum atomic E-state index is -3.73. The van der Waals surface area contributed by atoms with E-state index < -0.39 is 16.0 Å². The Morgan fingerprint density at radius 1 is 1.39 bits per heavy atom. The molecule has 1 aromatic carbocycles. The molecule has 0 radical (unpaired) electrons. The number of ether oxygens (including phenoxy) is 1. The molecule has 0 bridgehead atoms. The molecule has 1 atom stereocenters. The van der Waals surface area contributed by atoms with Gasteiger partial charge < -0.3 is 15.2 Å². The minimum absolute atomic E-state index is 0.0577. The quantitative estimate of drug-likeness (QED) is 0.560. The number of carbonyl (C=O) groups is 1. The highest BCUT2D eigenvalue weighted by molar-refractivity contribution is 7.89. The molecule has 7 nitrogen and oxygen atoms in total. The molecule has 0 aliphatic carbocycles. The number of benzene rings is 1. The predicted octanol–water partition coefficient (Wildman–Crippen LogP) is 1.91. The van der Waals surface area contributed by atoms with E-state index in [9.17, 15) is 18.3 Å². The van der Waals surface area contributed by atoms with Gasteiger partial charge in [0.25, 0.3) is 0 Å². The van der Waals surface area contributed by atoms with Crippen molar-refractivity contribution in [1.82, 2.24) is 4.72 Å². The van der Waals surface area contributed by atoms with E-state index in [0.29, 0.717) is 31.7 Å². The van der Waals surface area contributed by atoms with Crippen LogP contribution in [0.2, 0.25) is 0 Å². The number of hydrogen-bond donors (Lipinski definition) is 3. The molecule has 0 heterocycles. The monoisotopic (exact) mass is 344 g/mol. The molecule has 0 aliphatic rings. The summed E-state index contributed by atoms with van der Waals surface area (Å²) in [5.74, 6) is -1.18. The molecule has 1 aromatic rings. The van der Waals surface area contributed by atoms with Crippen LogP contribution in [-0.4, -0.2) is 45.8 Å². The lowest BCUT2D eigenvalue weighted by Gasteiger charge is -2.14. The standard InChI is InChI=1S/C15H24N2O5S/c1-4-11(2)17-23(20,21)12-6-7-14(13(10-12)15(18)19)16-8-5-9-22-3/h6-7,10-11,16-17H,4-5,8-9H2,1-3H3,(H,18,19)/t11-/m1/s1. The average Bonchev–Trinajstić information content (AvgIpc) is 2.50. The molecule has 0 fully saturated rings. The first-order chi connectivity index (χ1) is 10.8. The van der Waals surface area contributed by atoms with Gasteiger partial charge in [-0.3, -0.25) is 0 Å². The molecule has 0 aromatic heterocycles. The average molecular weight is 344 g/mol. The molecule has 3 N–H and O–H groups in total. The van der Waals surface area contributed by atoms with E-state index >= 15 is 0 Å². The normalized spacial score (nSPS) is 12.8. The van der Waals surface area contributed by atoms with Crippen molar-refractivity contribution in [2.45, 2.75) is 37.6 Å². The molecule has 0 unspecified atom stereocenters. The summed E-state index contributed by atoms with van der Waals surface area (Å²) in [6.07, 6.45) is 1.36. The summed E-state index contributed by atoms with van der Waals surface area (Å²) in [6.45, 7) is 4.70. The Morgan fingerprint density at radius 3 is 2.65 bits per heavy atom. The van der Waals surface area contributed by atoms with Crippen LogP contribution in [0.15, 0.2) is 23.1 Å². The molecule has 0 amide bonds. The third kappa shape index (κ3) is 5.81. The summed E-state index contributed by atoms with van der Waals surface area (Å²) in [6, 6.07) is 3.82. The van der Waals surface area contributed by atoms with Gasteiger partial charge >= 0.3 is 5.97 Å². The summed E-state index contributed by atoms with van der Waals surface area (Å²) < 4.78 is 31.9.